The zero-order chi connectivity index (χ0) is 18.5. The number of hydrogen-bond acceptors (Lipinski definition) is 7. The summed E-state index contributed by atoms with van der Waals surface area (Å²) in [5, 5.41) is 10.7. The molecule has 2 heterocycles. The van der Waals surface area contributed by atoms with Gasteiger partial charge in [-0.15, -0.1) is 5.10 Å². The molecule has 0 bridgehead atoms. The van der Waals surface area contributed by atoms with E-state index in [1.165, 1.54) is 28.8 Å². The second-order valence-corrected chi connectivity index (χ2v) is 6.48. The van der Waals surface area contributed by atoms with E-state index in [0.29, 0.717) is 41.1 Å². The molecule has 0 aliphatic heterocycles. The Morgan fingerprint density at radius 2 is 2.19 bits per heavy atom. The molecule has 1 amide bonds. The summed E-state index contributed by atoms with van der Waals surface area (Å²) in [7, 11) is 0. The Bertz CT molecular complexity index is 982. The van der Waals surface area contributed by atoms with Gasteiger partial charge in [0.05, 0.1) is 6.54 Å². The van der Waals surface area contributed by atoms with Gasteiger partial charge in [0.1, 0.15) is 12.4 Å². The van der Waals surface area contributed by atoms with Crippen LogP contribution in [0.4, 0.5) is 10.8 Å². The molecule has 0 atom stereocenters. The maximum atomic E-state index is 12.0. The molecule has 0 spiro atoms. The number of aryl methyl sites for hydroxylation is 1. The first-order valence-corrected chi connectivity index (χ1v) is 9.01. The predicted molar refractivity (Wildman–Crippen MR) is 101 cm³/mol. The van der Waals surface area contributed by atoms with Crippen molar-refractivity contribution in [1.82, 2.24) is 14.6 Å². The molecule has 0 unspecified atom stereocenters. The number of anilines is 2. The molecule has 2 aromatic heterocycles. The lowest BCUT2D eigenvalue weighted by atomic mass is 10.3. The van der Waals surface area contributed by atoms with Gasteiger partial charge in [0.15, 0.2) is 0 Å². The smallest absolute Gasteiger partial charge is 0.275 e. The molecule has 8 nitrogen and oxygen atoms in total. The van der Waals surface area contributed by atoms with Crippen LogP contribution in [0.2, 0.25) is 0 Å². The van der Waals surface area contributed by atoms with Crippen molar-refractivity contribution < 1.29 is 9.53 Å². The van der Waals surface area contributed by atoms with Crippen LogP contribution in [-0.2, 0) is 11.2 Å². The van der Waals surface area contributed by atoms with E-state index >= 15 is 0 Å². The van der Waals surface area contributed by atoms with Gasteiger partial charge >= 0.3 is 0 Å². The van der Waals surface area contributed by atoms with Gasteiger partial charge in [0.25, 0.3) is 5.56 Å². The third-order valence-corrected chi connectivity index (χ3v) is 4.33. The number of carbonyl (C=O) groups is 1. The maximum absolute atomic E-state index is 12.0. The van der Waals surface area contributed by atoms with Gasteiger partial charge in [0.2, 0.25) is 16.0 Å². The Hall–Kier alpha value is -2.94. The summed E-state index contributed by atoms with van der Waals surface area (Å²) in [6, 6.07) is 8.68. The van der Waals surface area contributed by atoms with Gasteiger partial charge in [0, 0.05) is 30.4 Å². The van der Waals surface area contributed by atoms with Crippen molar-refractivity contribution in [2.45, 2.75) is 20.3 Å². The lowest BCUT2D eigenvalue weighted by Gasteiger charge is -2.08. The van der Waals surface area contributed by atoms with Crippen molar-refractivity contribution in [3.8, 4) is 5.75 Å². The summed E-state index contributed by atoms with van der Waals surface area (Å²) >= 11 is 1.32. The third kappa shape index (κ3) is 4.37. The van der Waals surface area contributed by atoms with Crippen LogP contribution in [0.15, 0.2) is 35.1 Å². The van der Waals surface area contributed by atoms with Crippen LogP contribution in [0, 0.1) is 0 Å². The molecule has 3 aromatic rings. The van der Waals surface area contributed by atoms with Crippen LogP contribution in [0.1, 0.15) is 19.5 Å². The lowest BCUT2D eigenvalue weighted by molar-refractivity contribution is -0.114. The fourth-order valence-corrected chi connectivity index (χ4v) is 3.15. The number of ether oxygens (including phenoxy) is 1. The average molecular weight is 373 g/mol. The Balaban J connectivity index is 1.57. The van der Waals surface area contributed by atoms with E-state index in [2.05, 4.69) is 20.7 Å². The Morgan fingerprint density at radius 1 is 1.35 bits per heavy atom. The van der Waals surface area contributed by atoms with E-state index in [-0.39, 0.29) is 11.5 Å². The van der Waals surface area contributed by atoms with Gasteiger partial charge < -0.3 is 15.4 Å². The molecule has 0 fully saturated rings. The van der Waals surface area contributed by atoms with E-state index in [1.807, 2.05) is 19.1 Å². The summed E-state index contributed by atoms with van der Waals surface area (Å²) in [6.07, 6.45) is 0.706. The van der Waals surface area contributed by atoms with Crippen LogP contribution in [0.3, 0.4) is 0 Å². The first-order chi connectivity index (χ1) is 12.5. The lowest BCUT2D eigenvalue weighted by Crippen LogP contribution is -2.16. The van der Waals surface area contributed by atoms with Crippen LogP contribution >= 0.6 is 11.3 Å². The zero-order valence-electron chi connectivity index (χ0n) is 14.5. The first kappa shape index (κ1) is 17.9. The molecule has 2 N–H and O–H groups in total. The highest BCUT2D eigenvalue weighted by molar-refractivity contribution is 7.20. The summed E-state index contributed by atoms with van der Waals surface area (Å²) in [5.41, 5.74) is 1.26. The van der Waals surface area contributed by atoms with E-state index < -0.39 is 0 Å². The Morgan fingerprint density at radius 3 is 2.96 bits per heavy atom. The van der Waals surface area contributed by atoms with Crippen molar-refractivity contribution >= 4 is 33.0 Å². The SMILES string of the molecule is CCc1cc(=O)n2nc(NCCOc3cccc(NC(C)=O)c3)sc2n1. The molecule has 9 heteroatoms. The summed E-state index contributed by atoms with van der Waals surface area (Å²) in [5.74, 6) is 0.530. The highest BCUT2D eigenvalue weighted by Crippen LogP contribution is 2.18. The number of nitrogens with zero attached hydrogens (tertiary/aromatic N) is 3. The topological polar surface area (TPSA) is 97.6 Å². The van der Waals surface area contributed by atoms with E-state index in [4.69, 9.17) is 4.74 Å². The number of carbonyl (C=O) groups excluding carboxylic acids is 1. The standard InChI is InChI=1S/C17H19N5O3S/c1-3-12-10-15(24)22-17(20-12)26-16(21-22)18-7-8-25-14-6-4-5-13(9-14)19-11(2)23/h4-6,9-10H,3,7-8H2,1-2H3,(H,18,21)(H,19,23). The van der Waals surface area contributed by atoms with Crippen molar-refractivity contribution in [2.24, 2.45) is 0 Å². The monoisotopic (exact) mass is 373 g/mol. The second kappa shape index (κ2) is 7.96. The normalized spacial score (nSPS) is 10.7. The number of aromatic nitrogens is 3. The van der Waals surface area contributed by atoms with E-state index in [1.54, 1.807) is 12.1 Å². The number of fused-ring (bicyclic) bond motifs is 1. The summed E-state index contributed by atoms with van der Waals surface area (Å²) in [6.45, 7) is 4.33. The van der Waals surface area contributed by atoms with E-state index in [9.17, 15) is 9.59 Å². The number of hydrogen-bond donors (Lipinski definition) is 2. The van der Waals surface area contributed by atoms with Crippen molar-refractivity contribution in [3.05, 3.63) is 46.4 Å². The molecule has 1 aromatic carbocycles. The predicted octanol–water partition coefficient (Wildman–Crippen LogP) is 2.16. The molecule has 26 heavy (non-hydrogen) atoms. The largest absolute Gasteiger partial charge is 0.492 e. The van der Waals surface area contributed by atoms with Gasteiger partial charge in [-0.1, -0.05) is 24.3 Å². The fourth-order valence-electron chi connectivity index (χ4n) is 2.30. The van der Waals surface area contributed by atoms with Crippen molar-refractivity contribution in [1.29, 1.82) is 0 Å². The number of rotatable bonds is 7. The fraction of sp³-hybridized carbons (Fsp3) is 0.294. The number of benzene rings is 1. The first-order valence-electron chi connectivity index (χ1n) is 8.19. The molecule has 0 radical (unpaired) electrons. The van der Waals surface area contributed by atoms with Gasteiger partial charge in [-0.3, -0.25) is 9.59 Å². The quantitative estimate of drug-likeness (QED) is 0.616. The second-order valence-electron chi connectivity index (χ2n) is 5.53. The summed E-state index contributed by atoms with van der Waals surface area (Å²) in [4.78, 5) is 28.0. The van der Waals surface area contributed by atoms with Crippen LogP contribution in [0.5, 0.6) is 5.75 Å². The minimum absolute atomic E-state index is 0.130. The van der Waals surface area contributed by atoms with Gasteiger partial charge in [-0.05, 0) is 18.6 Å². The molecule has 0 aliphatic carbocycles. The Labute approximate surface area is 153 Å². The highest BCUT2D eigenvalue weighted by Gasteiger charge is 2.08. The molecule has 0 saturated carbocycles. The van der Waals surface area contributed by atoms with Crippen LogP contribution < -0.4 is 20.9 Å². The minimum atomic E-state index is -0.179. The molecule has 3 rings (SSSR count). The molecule has 0 saturated heterocycles. The van der Waals surface area contributed by atoms with Crippen molar-refractivity contribution in [2.75, 3.05) is 23.8 Å². The summed E-state index contributed by atoms with van der Waals surface area (Å²) < 4.78 is 6.96. The molecule has 0 aliphatic rings. The van der Waals surface area contributed by atoms with Gasteiger partial charge in [-0.25, -0.2) is 4.98 Å². The minimum Gasteiger partial charge on any atom is -0.492 e. The number of amides is 1. The van der Waals surface area contributed by atoms with Gasteiger partial charge in [-0.2, -0.15) is 4.52 Å². The van der Waals surface area contributed by atoms with Crippen LogP contribution in [-0.4, -0.2) is 33.7 Å². The Kier molecular flexibility index (Phi) is 5.47. The third-order valence-electron chi connectivity index (χ3n) is 3.46. The van der Waals surface area contributed by atoms with E-state index in [0.717, 1.165) is 5.69 Å². The average Bonchev–Trinajstić information content (AvgIpc) is 3.02. The highest BCUT2D eigenvalue weighted by atomic mass is 32.1. The van der Waals surface area contributed by atoms with Crippen molar-refractivity contribution in [3.63, 3.8) is 0 Å². The van der Waals surface area contributed by atoms with Crippen LogP contribution in [0.25, 0.3) is 4.96 Å². The molecular weight excluding hydrogens is 354 g/mol. The molecule has 136 valence electrons. The zero-order valence-corrected chi connectivity index (χ0v) is 15.3. The number of nitrogens with one attached hydrogen (secondary N) is 2. The maximum Gasteiger partial charge on any atom is 0.275 e. The molecular formula is C17H19N5O3S.